The van der Waals surface area contributed by atoms with E-state index in [1.165, 1.54) is 12.8 Å². The number of hydrogen-bond donors (Lipinski definition) is 0. The summed E-state index contributed by atoms with van der Waals surface area (Å²) in [4.78, 5) is 22.1. The van der Waals surface area contributed by atoms with Gasteiger partial charge in [0.2, 0.25) is 0 Å². The maximum Gasteiger partial charge on any atom is 0.197 e. The molecule has 35 heavy (non-hydrogen) atoms. The zero-order valence-corrected chi connectivity index (χ0v) is 21.1. The van der Waals surface area contributed by atoms with Crippen LogP contribution in [-0.4, -0.2) is 48.7 Å². The number of hydrogen-bond acceptors (Lipinski definition) is 5. The van der Waals surface area contributed by atoms with Crippen LogP contribution in [0.5, 0.6) is 5.75 Å². The van der Waals surface area contributed by atoms with Gasteiger partial charge in [0.15, 0.2) is 5.43 Å². The SMILES string of the molecule is CN(C)C.Cn1cc(-c2ccc(N3CCCC3)nc2)c(=O)c2ccc(OCc3ccccc3)cc21. The molecule has 0 amide bonds. The molecule has 182 valence electrons. The van der Waals surface area contributed by atoms with E-state index in [1.807, 2.05) is 111 Å². The predicted molar refractivity (Wildman–Crippen MR) is 144 cm³/mol. The second-order valence-corrected chi connectivity index (χ2v) is 9.38. The van der Waals surface area contributed by atoms with Gasteiger partial charge in [-0.2, -0.15) is 0 Å². The van der Waals surface area contributed by atoms with E-state index in [0.717, 1.165) is 41.3 Å². The Bertz CT molecular complexity index is 1310. The van der Waals surface area contributed by atoms with Crippen molar-refractivity contribution < 1.29 is 4.74 Å². The molecule has 0 radical (unpaired) electrons. The highest BCUT2D eigenvalue weighted by atomic mass is 16.5. The maximum absolute atomic E-state index is 13.2. The molecule has 6 heteroatoms. The summed E-state index contributed by atoms with van der Waals surface area (Å²) in [7, 11) is 7.96. The first-order valence-electron chi connectivity index (χ1n) is 12.0. The van der Waals surface area contributed by atoms with Crippen molar-refractivity contribution in [1.82, 2.24) is 14.5 Å². The van der Waals surface area contributed by atoms with Crippen LogP contribution in [0.1, 0.15) is 18.4 Å². The average Bonchev–Trinajstić information content (AvgIpc) is 3.40. The smallest absolute Gasteiger partial charge is 0.197 e. The third kappa shape index (κ3) is 6.08. The van der Waals surface area contributed by atoms with Gasteiger partial charge in [0, 0.05) is 55.1 Å². The Kier molecular flexibility index (Phi) is 7.83. The fourth-order valence-corrected chi connectivity index (χ4v) is 4.18. The third-order valence-corrected chi connectivity index (χ3v) is 5.90. The summed E-state index contributed by atoms with van der Waals surface area (Å²) in [6.07, 6.45) is 6.13. The van der Waals surface area contributed by atoms with E-state index in [4.69, 9.17) is 4.74 Å². The van der Waals surface area contributed by atoms with Crippen LogP contribution in [0.2, 0.25) is 0 Å². The number of benzene rings is 2. The number of aryl methyl sites for hydroxylation is 1. The van der Waals surface area contributed by atoms with E-state index >= 15 is 0 Å². The molecule has 3 heterocycles. The molecule has 6 nitrogen and oxygen atoms in total. The van der Waals surface area contributed by atoms with Gasteiger partial charge < -0.3 is 19.1 Å². The van der Waals surface area contributed by atoms with Gasteiger partial charge >= 0.3 is 0 Å². The largest absolute Gasteiger partial charge is 0.489 e. The van der Waals surface area contributed by atoms with Crippen LogP contribution in [-0.2, 0) is 13.7 Å². The number of anilines is 1. The highest BCUT2D eigenvalue weighted by Crippen LogP contribution is 2.25. The maximum atomic E-state index is 13.2. The van der Waals surface area contributed by atoms with Crippen molar-refractivity contribution in [2.24, 2.45) is 7.05 Å². The summed E-state index contributed by atoms with van der Waals surface area (Å²) in [5.41, 5.74) is 3.47. The number of nitrogens with zero attached hydrogens (tertiary/aromatic N) is 4. The van der Waals surface area contributed by atoms with Crippen molar-refractivity contribution in [2.45, 2.75) is 19.4 Å². The summed E-state index contributed by atoms with van der Waals surface area (Å²) in [5, 5.41) is 0.677. The minimum atomic E-state index is 0.0124. The molecule has 5 rings (SSSR count). The van der Waals surface area contributed by atoms with Gasteiger partial charge in [-0.3, -0.25) is 4.79 Å². The number of fused-ring (bicyclic) bond motifs is 1. The van der Waals surface area contributed by atoms with E-state index in [2.05, 4.69) is 9.88 Å². The Balaban J connectivity index is 0.000000672. The summed E-state index contributed by atoms with van der Waals surface area (Å²) in [5.74, 6) is 1.73. The molecule has 4 aromatic rings. The van der Waals surface area contributed by atoms with Gasteiger partial charge in [-0.15, -0.1) is 0 Å². The van der Waals surface area contributed by atoms with Crippen LogP contribution in [0.25, 0.3) is 22.0 Å². The van der Waals surface area contributed by atoms with E-state index in [-0.39, 0.29) is 5.43 Å². The molecule has 0 bridgehead atoms. The van der Waals surface area contributed by atoms with Gasteiger partial charge in [-0.05, 0) is 63.8 Å². The molecule has 0 spiro atoms. The Morgan fingerprint density at radius 3 is 2.34 bits per heavy atom. The number of pyridine rings is 2. The van der Waals surface area contributed by atoms with Crippen LogP contribution >= 0.6 is 0 Å². The minimum Gasteiger partial charge on any atom is -0.489 e. The highest BCUT2D eigenvalue weighted by Gasteiger charge is 2.15. The number of rotatable bonds is 5. The lowest BCUT2D eigenvalue weighted by molar-refractivity contribution is 0.306. The molecule has 1 saturated heterocycles. The zero-order valence-electron chi connectivity index (χ0n) is 21.1. The van der Waals surface area contributed by atoms with Gasteiger partial charge in [-0.1, -0.05) is 30.3 Å². The van der Waals surface area contributed by atoms with Crippen molar-refractivity contribution in [3.05, 3.63) is 88.8 Å². The summed E-state index contributed by atoms with van der Waals surface area (Å²) in [6.45, 7) is 2.60. The van der Waals surface area contributed by atoms with E-state index in [0.29, 0.717) is 17.6 Å². The molecule has 1 aliphatic rings. The summed E-state index contributed by atoms with van der Waals surface area (Å²) >= 11 is 0. The zero-order chi connectivity index (χ0) is 24.8. The molecular formula is C29H34N4O2. The van der Waals surface area contributed by atoms with E-state index in [1.54, 1.807) is 0 Å². The molecule has 1 aliphatic heterocycles. The van der Waals surface area contributed by atoms with Crippen molar-refractivity contribution in [1.29, 1.82) is 0 Å². The summed E-state index contributed by atoms with van der Waals surface area (Å²) < 4.78 is 7.92. The molecule has 0 N–H and O–H groups in total. The quantitative estimate of drug-likeness (QED) is 0.413. The predicted octanol–water partition coefficient (Wildman–Crippen LogP) is 4.96. The normalized spacial score (nSPS) is 13.1. The Labute approximate surface area is 207 Å². The lowest BCUT2D eigenvalue weighted by Crippen LogP contribution is -2.18. The fraction of sp³-hybridized carbons (Fsp3) is 0.310. The lowest BCUT2D eigenvalue weighted by Gasteiger charge is -2.16. The van der Waals surface area contributed by atoms with Crippen LogP contribution in [0.4, 0.5) is 5.82 Å². The fourth-order valence-electron chi connectivity index (χ4n) is 4.18. The van der Waals surface area contributed by atoms with E-state index < -0.39 is 0 Å². The molecule has 0 unspecified atom stereocenters. The molecule has 1 fully saturated rings. The first-order chi connectivity index (χ1) is 16.9. The topological polar surface area (TPSA) is 50.6 Å². The van der Waals surface area contributed by atoms with Crippen LogP contribution in [0.3, 0.4) is 0 Å². The van der Waals surface area contributed by atoms with Gasteiger partial charge in [0.05, 0.1) is 5.52 Å². The van der Waals surface area contributed by atoms with Crippen molar-refractivity contribution in [3.63, 3.8) is 0 Å². The number of aromatic nitrogens is 2. The minimum absolute atomic E-state index is 0.0124. The lowest BCUT2D eigenvalue weighted by atomic mass is 10.1. The van der Waals surface area contributed by atoms with Crippen molar-refractivity contribution >= 4 is 16.7 Å². The Morgan fingerprint density at radius 2 is 1.69 bits per heavy atom. The Morgan fingerprint density at radius 1 is 0.971 bits per heavy atom. The van der Waals surface area contributed by atoms with Crippen LogP contribution in [0.15, 0.2) is 77.9 Å². The second-order valence-electron chi connectivity index (χ2n) is 9.38. The van der Waals surface area contributed by atoms with E-state index in [9.17, 15) is 4.79 Å². The monoisotopic (exact) mass is 470 g/mol. The molecule has 2 aromatic heterocycles. The highest BCUT2D eigenvalue weighted by molar-refractivity contribution is 5.85. The summed E-state index contributed by atoms with van der Waals surface area (Å²) in [6, 6.07) is 19.7. The molecule has 0 saturated carbocycles. The average molecular weight is 471 g/mol. The van der Waals surface area contributed by atoms with Crippen LogP contribution < -0.4 is 15.1 Å². The standard InChI is InChI=1S/C26H25N3O2.C3H9N/c1-28-17-23(20-9-12-25(27-16-20)29-13-5-6-14-29)26(30)22-11-10-21(15-24(22)28)31-18-19-7-3-2-4-8-19;1-4(2)3/h2-4,7-12,15-17H,5-6,13-14,18H2,1H3;1-3H3. The van der Waals surface area contributed by atoms with Gasteiger partial charge in [-0.25, -0.2) is 4.98 Å². The molecular weight excluding hydrogens is 436 g/mol. The molecule has 0 atom stereocenters. The third-order valence-electron chi connectivity index (χ3n) is 5.90. The number of ether oxygens (including phenoxy) is 1. The molecule has 0 aliphatic carbocycles. The van der Waals surface area contributed by atoms with Gasteiger partial charge in [0.1, 0.15) is 18.2 Å². The van der Waals surface area contributed by atoms with Crippen LogP contribution in [0, 0.1) is 0 Å². The molecule has 2 aromatic carbocycles. The van der Waals surface area contributed by atoms with Crippen molar-refractivity contribution in [3.8, 4) is 16.9 Å². The first kappa shape index (κ1) is 24.5. The van der Waals surface area contributed by atoms with Crippen molar-refractivity contribution in [2.75, 3.05) is 39.1 Å². The second kappa shape index (κ2) is 11.2. The van der Waals surface area contributed by atoms with Gasteiger partial charge in [0.25, 0.3) is 0 Å². The first-order valence-corrected chi connectivity index (χ1v) is 12.0. The Hall–Kier alpha value is -3.64.